The standard InChI is InChI=1S/C15H11FN2O2/c16-12-6-5-10(7-11(12)15(19)20)8-18-9-17-13-3-1-2-4-14(13)18/h1-7,9H,8H2,(H,19,20). The van der Waals surface area contributed by atoms with E-state index in [1.807, 2.05) is 28.8 Å². The van der Waals surface area contributed by atoms with Crippen LogP contribution in [0.1, 0.15) is 15.9 Å². The van der Waals surface area contributed by atoms with Crippen molar-refractivity contribution in [2.75, 3.05) is 0 Å². The van der Waals surface area contributed by atoms with Gasteiger partial charge in [0.15, 0.2) is 0 Å². The van der Waals surface area contributed by atoms with Crippen molar-refractivity contribution < 1.29 is 14.3 Å². The van der Waals surface area contributed by atoms with E-state index in [2.05, 4.69) is 4.98 Å². The molecule has 4 nitrogen and oxygen atoms in total. The zero-order chi connectivity index (χ0) is 14.1. The number of imidazole rings is 1. The number of aromatic carboxylic acids is 1. The van der Waals surface area contributed by atoms with Crippen molar-refractivity contribution in [3.63, 3.8) is 0 Å². The van der Waals surface area contributed by atoms with Crippen molar-refractivity contribution >= 4 is 17.0 Å². The molecule has 5 heteroatoms. The summed E-state index contributed by atoms with van der Waals surface area (Å²) in [7, 11) is 0. The molecule has 0 aliphatic rings. The van der Waals surface area contributed by atoms with E-state index in [4.69, 9.17) is 5.11 Å². The Balaban J connectivity index is 1.99. The molecule has 0 spiro atoms. The Labute approximate surface area is 114 Å². The van der Waals surface area contributed by atoms with Crippen LogP contribution in [0.2, 0.25) is 0 Å². The van der Waals surface area contributed by atoms with Gasteiger partial charge in [0.25, 0.3) is 0 Å². The lowest BCUT2D eigenvalue weighted by atomic mass is 10.1. The minimum Gasteiger partial charge on any atom is -0.478 e. The van der Waals surface area contributed by atoms with Crippen molar-refractivity contribution in [3.8, 4) is 0 Å². The average Bonchev–Trinajstić information content (AvgIpc) is 2.84. The highest BCUT2D eigenvalue weighted by Crippen LogP contribution is 2.16. The Morgan fingerprint density at radius 2 is 2.05 bits per heavy atom. The minimum atomic E-state index is -1.26. The summed E-state index contributed by atoms with van der Waals surface area (Å²) in [4.78, 5) is 15.2. The van der Waals surface area contributed by atoms with Gasteiger partial charge in [-0.1, -0.05) is 18.2 Å². The molecule has 0 aliphatic heterocycles. The van der Waals surface area contributed by atoms with Gasteiger partial charge in [0.05, 0.1) is 22.9 Å². The first-order chi connectivity index (χ1) is 9.65. The Kier molecular flexibility index (Phi) is 2.95. The molecule has 100 valence electrons. The maximum absolute atomic E-state index is 13.4. The number of fused-ring (bicyclic) bond motifs is 1. The highest BCUT2D eigenvalue weighted by atomic mass is 19.1. The van der Waals surface area contributed by atoms with Crippen LogP contribution < -0.4 is 0 Å². The number of hydrogen-bond donors (Lipinski definition) is 1. The first-order valence-electron chi connectivity index (χ1n) is 6.07. The molecule has 1 N–H and O–H groups in total. The van der Waals surface area contributed by atoms with Gasteiger partial charge in [0.2, 0.25) is 0 Å². The molecule has 0 unspecified atom stereocenters. The van der Waals surface area contributed by atoms with Crippen LogP contribution in [0.3, 0.4) is 0 Å². The molecule has 0 fully saturated rings. The molecule has 20 heavy (non-hydrogen) atoms. The van der Waals surface area contributed by atoms with Gasteiger partial charge in [-0.25, -0.2) is 14.2 Å². The SMILES string of the molecule is O=C(O)c1cc(Cn2cnc3ccccc32)ccc1F. The summed E-state index contributed by atoms with van der Waals surface area (Å²) >= 11 is 0. The normalized spacial score (nSPS) is 10.8. The number of aromatic nitrogens is 2. The molecule has 1 aromatic heterocycles. The van der Waals surface area contributed by atoms with Gasteiger partial charge in [-0.3, -0.25) is 0 Å². The van der Waals surface area contributed by atoms with Crippen molar-refractivity contribution in [3.05, 3.63) is 65.7 Å². The van der Waals surface area contributed by atoms with Gasteiger partial charge in [-0.05, 0) is 29.8 Å². The second-order valence-electron chi connectivity index (χ2n) is 4.48. The highest BCUT2D eigenvalue weighted by molar-refractivity contribution is 5.88. The smallest absolute Gasteiger partial charge is 0.338 e. The topological polar surface area (TPSA) is 55.1 Å². The lowest BCUT2D eigenvalue weighted by Crippen LogP contribution is -2.04. The van der Waals surface area contributed by atoms with E-state index in [0.29, 0.717) is 12.1 Å². The van der Waals surface area contributed by atoms with Gasteiger partial charge in [-0.15, -0.1) is 0 Å². The first kappa shape index (κ1) is 12.3. The van der Waals surface area contributed by atoms with Crippen molar-refractivity contribution in [2.24, 2.45) is 0 Å². The molecule has 0 saturated carbocycles. The molecular weight excluding hydrogens is 259 g/mol. The predicted molar refractivity (Wildman–Crippen MR) is 72.2 cm³/mol. The Bertz CT molecular complexity index is 795. The Morgan fingerprint density at radius 1 is 1.25 bits per heavy atom. The van der Waals surface area contributed by atoms with Crippen LogP contribution in [0.4, 0.5) is 4.39 Å². The van der Waals surface area contributed by atoms with Crippen LogP contribution in [0.25, 0.3) is 11.0 Å². The van der Waals surface area contributed by atoms with Crippen molar-refractivity contribution in [1.29, 1.82) is 0 Å². The summed E-state index contributed by atoms with van der Waals surface area (Å²) in [6.45, 7) is 0.446. The fourth-order valence-electron chi connectivity index (χ4n) is 2.17. The molecule has 0 amide bonds. The van der Waals surface area contributed by atoms with Crippen LogP contribution in [-0.4, -0.2) is 20.6 Å². The molecule has 3 rings (SSSR count). The fourth-order valence-corrected chi connectivity index (χ4v) is 2.17. The first-order valence-corrected chi connectivity index (χ1v) is 6.07. The van der Waals surface area contributed by atoms with Crippen LogP contribution in [0.5, 0.6) is 0 Å². The van der Waals surface area contributed by atoms with Gasteiger partial charge >= 0.3 is 5.97 Å². The largest absolute Gasteiger partial charge is 0.478 e. The van der Waals surface area contributed by atoms with Gasteiger partial charge in [0.1, 0.15) is 5.82 Å². The lowest BCUT2D eigenvalue weighted by molar-refractivity contribution is 0.0691. The third kappa shape index (κ3) is 2.14. The molecule has 0 saturated heterocycles. The molecule has 0 aliphatic carbocycles. The molecule has 3 aromatic rings. The zero-order valence-electron chi connectivity index (χ0n) is 10.5. The average molecular weight is 270 g/mol. The molecule has 0 radical (unpaired) electrons. The Morgan fingerprint density at radius 3 is 2.85 bits per heavy atom. The number of halogens is 1. The molecule has 1 heterocycles. The van der Waals surface area contributed by atoms with Crippen LogP contribution in [0, 0.1) is 5.82 Å². The molecule has 0 atom stereocenters. The zero-order valence-corrected chi connectivity index (χ0v) is 10.5. The fraction of sp³-hybridized carbons (Fsp3) is 0.0667. The van der Waals surface area contributed by atoms with E-state index in [-0.39, 0.29) is 5.56 Å². The van der Waals surface area contributed by atoms with Gasteiger partial charge in [0, 0.05) is 6.54 Å². The van der Waals surface area contributed by atoms with E-state index >= 15 is 0 Å². The van der Waals surface area contributed by atoms with Crippen LogP contribution in [-0.2, 0) is 6.54 Å². The van der Waals surface area contributed by atoms with E-state index in [0.717, 1.165) is 11.0 Å². The van der Waals surface area contributed by atoms with Crippen molar-refractivity contribution in [1.82, 2.24) is 9.55 Å². The second-order valence-corrected chi connectivity index (χ2v) is 4.48. The summed E-state index contributed by atoms with van der Waals surface area (Å²) in [5.74, 6) is -1.99. The predicted octanol–water partition coefficient (Wildman–Crippen LogP) is 2.92. The number of nitrogens with zero attached hydrogens (tertiary/aromatic N) is 2. The second kappa shape index (κ2) is 4.77. The minimum absolute atomic E-state index is 0.313. The maximum atomic E-state index is 13.4. The number of para-hydroxylation sites is 2. The lowest BCUT2D eigenvalue weighted by Gasteiger charge is -2.06. The molecular formula is C15H11FN2O2. The summed E-state index contributed by atoms with van der Waals surface area (Å²) in [6, 6.07) is 11.8. The summed E-state index contributed by atoms with van der Waals surface area (Å²) in [6.07, 6.45) is 1.69. The maximum Gasteiger partial charge on any atom is 0.338 e. The Hall–Kier alpha value is -2.69. The van der Waals surface area contributed by atoms with E-state index in [1.165, 1.54) is 12.1 Å². The number of carboxylic acid groups (broad SMARTS) is 1. The van der Waals surface area contributed by atoms with Crippen LogP contribution >= 0.6 is 0 Å². The summed E-state index contributed by atoms with van der Waals surface area (Å²) in [5.41, 5.74) is 2.22. The number of hydrogen-bond acceptors (Lipinski definition) is 2. The summed E-state index contributed by atoms with van der Waals surface area (Å²) < 4.78 is 15.2. The number of rotatable bonds is 3. The molecule has 0 bridgehead atoms. The highest BCUT2D eigenvalue weighted by Gasteiger charge is 2.11. The number of carboxylic acids is 1. The van der Waals surface area contributed by atoms with E-state index in [1.54, 1.807) is 12.4 Å². The van der Waals surface area contributed by atoms with Gasteiger partial charge < -0.3 is 9.67 Å². The quantitative estimate of drug-likeness (QED) is 0.796. The van der Waals surface area contributed by atoms with Crippen molar-refractivity contribution in [2.45, 2.75) is 6.54 Å². The summed E-state index contributed by atoms with van der Waals surface area (Å²) in [5, 5.41) is 8.93. The third-order valence-electron chi connectivity index (χ3n) is 3.14. The van der Waals surface area contributed by atoms with E-state index < -0.39 is 11.8 Å². The van der Waals surface area contributed by atoms with Gasteiger partial charge in [-0.2, -0.15) is 0 Å². The number of carbonyl (C=O) groups is 1. The monoisotopic (exact) mass is 270 g/mol. The molecule has 2 aromatic carbocycles. The number of benzene rings is 2. The van der Waals surface area contributed by atoms with E-state index in [9.17, 15) is 9.18 Å². The van der Waals surface area contributed by atoms with Crippen LogP contribution in [0.15, 0.2) is 48.8 Å². The third-order valence-corrected chi connectivity index (χ3v) is 3.14.